The molecule has 0 spiro atoms. The molecule has 2 rings (SSSR count). The predicted octanol–water partition coefficient (Wildman–Crippen LogP) is 2.03. The van der Waals surface area contributed by atoms with Gasteiger partial charge in [-0.05, 0) is 40.8 Å². The molecule has 1 N–H and O–H groups in total. The molecule has 0 radical (unpaired) electrons. The lowest BCUT2D eigenvalue weighted by atomic mass is 10.3. The molecule has 78 valence electrons. The molecule has 0 bridgehead atoms. The Morgan fingerprint density at radius 1 is 1.47 bits per heavy atom. The van der Waals surface area contributed by atoms with Crippen molar-refractivity contribution in [3.05, 3.63) is 40.0 Å². The summed E-state index contributed by atoms with van der Waals surface area (Å²) in [7, 11) is 1.94. The Morgan fingerprint density at radius 3 is 3.00 bits per heavy atom. The van der Waals surface area contributed by atoms with Crippen LogP contribution in [-0.4, -0.2) is 14.8 Å². The van der Waals surface area contributed by atoms with Crippen LogP contribution in [0, 0.1) is 3.57 Å². The molecule has 0 aliphatic heterocycles. The molecule has 1 aromatic carbocycles. The number of nitrogens with zero attached hydrogens (tertiary/aromatic N) is 3. The summed E-state index contributed by atoms with van der Waals surface area (Å²) >= 11 is 2.29. The Morgan fingerprint density at radius 2 is 2.33 bits per heavy atom. The standard InChI is InChI=1S/C10H11IN4/c1-15-7-13-14-10(15)6-12-9-4-2-3-8(11)5-9/h2-5,7,12H,6H2,1H3. The minimum Gasteiger partial charge on any atom is -0.378 e. The molecule has 15 heavy (non-hydrogen) atoms. The monoisotopic (exact) mass is 314 g/mol. The molecule has 1 heterocycles. The van der Waals surface area contributed by atoms with Crippen LogP contribution in [0.4, 0.5) is 5.69 Å². The summed E-state index contributed by atoms with van der Waals surface area (Å²) in [5, 5.41) is 11.1. The minimum atomic E-state index is 0.691. The normalized spacial score (nSPS) is 10.3. The van der Waals surface area contributed by atoms with Gasteiger partial charge >= 0.3 is 0 Å². The first-order valence-electron chi connectivity index (χ1n) is 4.58. The van der Waals surface area contributed by atoms with Crippen molar-refractivity contribution >= 4 is 28.3 Å². The summed E-state index contributed by atoms with van der Waals surface area (Å²) in [5.41, 5.74) is 1.10. The number of rotatable bonds is 3. The number of hydrogen-bond donors (Lipinski definition) is 1. The smallest absolute Gasteiger partial charge is 0.151 e. The molecule has 2 aromatic rings. The van der Waals surface area contributed by atoms with Crippen molar-refractivity contribution in [1.82, 2.24) is 14.8 Å². The zero-order valence-electron chi connectivity index (χ0n) is 8.31. The Hall–Kier alpha value is -1.11. The number of benzene rings is 1. The molecule has 0 fully saturated rings. The number of anilines is 1. The van der Waals surface area contributed by atoms with E-state index in [9.17, 15) is 0 Å². The van der Waals surface area contributed by atoms with Crippen LogP contribution in [0.5, 0.6) is 0 Å². The van der Waals surface area contributed by atoms with E-state index in [1.54, 1.807) is 6.33 Å². The van der Waals surface area contributed by atoms with Gasteiger partial charge in [0, 0.05) is 16.3 Å². The number of nitrogens with one attached hydrogen (secondary N) is 1. The third-order valence-electron chi connectivity index (χ3n) is 2.08. The predicted molar refractivity (Wildman–Crippen MR) is 67.5 cm³/mol. The van der Waals surface area contributed by atoms with Gasteiger partial charge in [0.1, 0.15) is 6.33 Å². The van der Waals surface area contributed by atoms with Crippen LogP contribution in [-0.2, 0) is 13.6 Å². The lowest BCUT2D eigenvalue weighted by molar-refractivity contribution is 0.812. The summed E-state index contributed by atoms with van der Waals surface area (Å²) in [5.74, 6) is 0.925. The highest BCUT2D eigenvalue weighted by Crippen LogP contribution is 2.12. The number of hydrogen-bond acceptors (Lipinski definition) is 3. The summed E-state index contributed by atoms with van der Waals surface area (Å²) in [6.07, 6.45) is 1.70. The van der Waals surface area contributed by atoms with Crippen LogP contribution in [0.1, 0.15) is 5.82 Å². The highest BCUT2D eigenvalue weighted by molar-refractivity contribution is 14.1. The third-order valence-corrected chi connectivity index (χ3v) is 2.75. The third kappa shape index (κ3) is 2.68. The topological polar surface area (TPSA) is 42.7 Å². The second-order valence-electron chi connectivity index (χ2n) is 3.22. The Balaban J connectivity index is 2.02. The molecule has 0 amide bonds. The van der Waals surface area contributed by atoms with Gasteiger partial charge in [-0.3, -0.25) is 0 Å². The lowest BCUT2D eigenvalue weighted by Gasteiger charge is -2.05. The van der Waals surface area contributed by atoms with Crippen LogP contribution in [0.2, 0.25) is 0 Å². The zero-order valence-corrected chi connectivity index (χ0v) is 10.5. The maximum Gasteiger partial charge on any atom is 0.151 e. The van der Waals surface area contributed by atoms with E-state index >= 15 is 0 Å². The van der Waals surface area contributed by atoms with Crippen molar-refractivity contribution in [2.45, 2.75) is 6.54 Å². The minimum absolute atomic E-state index is 0.691. The summed E-state index contributed by atoms with van der Waals surface area (Å²) in [6, 6.07) is 8.23. The molecular formula is C10H11IN4. The first-order chi connectivity index (χ1) is 7.25. The SMILES string of the molecule is Cn1cnnc1CNc1cccc(I)c1. The van der Waals surface area contributed by atoms with Gasteiger partial charge in [0.2, 0.25) is 0 Å². The molecule has 0 saturated heterocycles. The quantitative estimate of drug-likeness (QED) is 0.882. The van der Waals surface area contributed by atoms with Crippen molar-refractivity contribution in [1.29, 1.82) is 0 Å². The van der Waals surface area contributed by atoms with Crippen LogP contribution in [0.15, 0.2) is 30.6 Å². The van der Waals surface area contributed by atoms with E-state index in [-0.39, 0.29) is 0 Å². The van der Waals surface area contributed by atoms with Gasteiger partial charge in [0.15, 0.2) is 5.82 Å². The van der Waals surface area contributed by atoms with E-state index in [4.69, 9.17) is 0 Å². The van der Waals surface area contributed by atoms with Gasteiger partial charge in [-0.25, -0.2) is 0 Å². The number of aryl methyl sites for hydroxylation is 1. The summed E-state index contributed by atoms with van der Waals surface area (Å²) in [6.45, 7) is 0.691. The van der Waals surface area contributed by atoms with Gasteiger partial charge in [-0.15, -0.1) is 10.2 Å². The van der Waals surface area contributed by atoms with Gasteiger partial charge < -0.3 is 9.88 Å². The summed E-state index contributed by atoms with van der Waals surface area (Å²) in [4.78, 5) is 0. The van der Waals surface area contributed by atoms with Crippen molar-refractivity contribution < 1.29 is 0 Å². The van der Waals surface area contributed by atoms with E-state index < -0.39 is 0 Å². The molecule has 4 nitrogen and oxygen atoms in total. The zero-order chi connectivity index (χ0) is 10.7. The van der Waals surface area contributed by atoms with Crippen LogP contribution >= 0.6 is 22.6 Å². The average molecular weight is 314 g/mol. The summed E-state index contributed by atoms with van der Waals surface area (Å²) < 4.78 is 3.12. The molecule has 0 atom stereocenters. The first kappa shape index (κ1) is 10.4. The fourth-order valence-electron chi connectivity index (χ4n) is 1.25. The van der Waals surface area contributed by atoms with E-state index in [1.807, 2.05) is 23.7 Å². The number of halogens is 1. The first-order valence-corrected chi connectivity index (χ1v) is 5.66. The van der Waals surface area contributed by atoms with E-state index in [0.717, 1.165) is 11.5 Å². The molecule has 0 saturated carbocycles. The lowest BCUT2D eigenvalue weighted by Crippen LogP contribution is -2.05. The van der Waals surface area contributed by atoms with Crippen molar-refractivity contribution in [2.75, 3.05) is 5.32 Å². The Kier molecular flexibility index (Phi) is 3.20. The largest absolute Gasteiger partial charge is 0.378 e. The fourth-order valence-corrected chi connectivity index (χ4v) is 1.79. The van der Waals surface area contributed by atoms with Gasteiger partial charge in [-0.1, -0.05) is 6.07 Å². The van der Waals surface area contributed by atoms with Crippen LogP contribution < -0.4 is 5.32 Å². The van der Waals surface area contributed by atoms with Gasteiger partial charge in [0.25, 0.3) is 0 Å². The maximum absolute atomic E-state index is 4.00. The molecular weight excluding hydrogens is 303 g/mol. The van der Waals surface area contributed by atoms with E-state index in [2.05, 4.69) is 50.2 Å². The average Bonchev–Trinajstić information content (AvgIpc) is 2.61. The second-order valence-corrected chi connectivity index (χ2v) is 4.47. The Labute approximate surface area is 102 Å². The maximum atomic E-state index is 4.00. The molecule has 1 aromatic heterocycles. The molecule has 0 aliphatic rings. The van der Waals surface area contributed by atoms with Crippen LogP contribution in [0.3, 0.4) is 0 Å². The van der Waals surface area contributed by atoms with Crippen LogP contribution in [0.25, 0.3) is 0 Å². The molecule has 5 heteroatoms. The number of aromatic nitrogens is 3. The molecule has 0 unspecified atom stereocenters. The highest BCUT2D eigenvalue weighted by Gasteiger charge is 1.99. The van der Waals surface area contributed by atoms with Gasteiger partial charge in [-0.2, -0.15) is 0 Å². The van der Waals surface area contributed by atoms with E-state index in [0.29, 0.717) is 6.54 Å². The Bertz CT molecular complexity index is 452. The second kappa shape index (κ2) is 4.61. The van der Waals surface area contributed by atoms with Crippen molar-refractivity contribution in [2.24, 2.45) is 7.05 Å². The van der Waals surface area contributed by atoms with Crippen molar-refractivity contribution in [3.63, 3.8) is 0 Å². The fraction of sp³-hybridized carbons (Fsp3) is 0.200. The molecule has 0 aliphatic carbocycles. The van der Waals surface area contributed by atoms with E-state index in [1.165, 1.54) is 3.57 Å². The van der Waals surface area contributed by atoms with Gasteiger partial charge in [0.05, 0.1) is 6.54 Å². The van der Waals surface area contributed by atoms with Crippen molar-refractivity contribution in [3.8, 4) is 0 Å². The highest BCUT2D eigenvalue weighted by atomic mass is 127.